The van der Waals surface area contributed by atoms with Crippen molar-refractivity contribution in [3.05, 3.63) is 53.0 Å². The van der Waals surface area contributed by atoms with Gasteiger partial charge in [0.25, 0.3) is 5.91 Å². The van der Waals surface area contributed by atoms with Crippen molar-refractivity contribution in [3.63, 3.8) is 0 Å². The predicted molar refractivity (Wildman–Crippen MR) is 110 cm³/mol. The van der Waals surface area contributed by atoms with Crippen molar-refractivity contribution >= 4 is 11.6 Å². The van der Waals surface area contributed by atoms with E-state index in [-0.39, 0.29) is 17.9 Å². The van der Waals surface area contributed by atoms with E-state index in [1.807, 2.05) is 38.1 Å². The molecular weight excluding hydrogens is 368 g/mol. The summed E-state index contributed by atoms with van der Waals surface area (Å²) in [6, 6.07) is 7.60. The van der Waals surface area contributed by atoms with E-state index in [1.165, 1.54) is 0 Å². The van der Waals surface area contributed by atoms with Crippen LogP contribution in [0.25, 0.3) is 5.65 Å². The number of fused-ring (bicyclic) bond motifs is 2. The van der Waals surface area contributed by atoms with E-state index < -0.39 is 0 Å². The third kappa shape index (κ3) is 3.77. The molecular formula is C22H26N4O3. The standard InChI is InChI=1S/C22H26N4O3/c1-13(2)21(16-6-7-18-19(11-16)29-9-5-8-28-18)24-22(27)17-12-23-20-10-14(3)25-26(20)15(17)4/h6-7,10-13,21H,5,8-9H2,1-4H3,(H,24,27)/t21-/m1/s1. The molecule has 7 nitrogen and oxygen atoms in total. The molecule has 0 radical (unpaired) electrons. The highest BCUT2D eigenvalue weighted by atomic mass is 16.5. The number of amides is 1. The van der Waals surface area contributed by atoms with Gasteiger partial charge in [-0.2, -0.15) is 5.10 Å². The summed E-state index contributed by atoms with van der Waals surface area (Å²) in [6.07, 6.45) is 2.47. The average molecular weight is 394 g/mol. The Morgan fingerprint density at radius 1 is 1.14 bits per heavy atom. The van der Waals surface area contributed by atoms with Gasteiger partial charge in [0.2, 0.25) is 0 Å². The van der Waals surface area contributed by atoms with Crippen molar-refractivity contribution in [1.29, 1.82) is 0 Å². The second kappa shape index (κ2) is 7.73. The maximum absolute atomic E-state index is 13.1. The van der Waals surface area contributed by atoms with Crippen molar-refractivity contribution in [2.45, 2.75) is 40.2 Å². The van der Waals surface area contributed by atoms with E-state index in [1.54, 1.807) is 10.7 Å². The monoisotopic (exact) mass is 394 g/mol. The van der Waals surface area contributed by atoms with Gasteiger partial charge in [0, 0.05) is 18.7 Å². The van der Waals surface area contributed by atoms with Crippen LogP contribution in [0.15, 0.2) is 30.5 Å². The number of carbonyl (C=O) groups excluding carboxylic acids is 1. The highest BCUT2D eigenvalue weighted by Crippen LogP contribution is 2.34. The Morgan fingerprint density at radius 3 is 2.66 bits per heavy atom. The summed E-state index contributed by atoms with van der Waals surface area (Å²) in [7, 11) is 0. The van der Waals surface area contributed by atoms with Crippen LogP contribution in [0.3, 0.4) is 0 Å². The van der Waals surface area contributed by atoms with Gasteiger partial charge in [-0.3, -0.25) is 4.79 Å². The lowest BCUT2D eigenvalue weighted by atomic mass is 9.95. The minimum atomic E-state index is -0.172. The third-order valence-corrected chi connectivity index (χ3v) is 5.17. The average Bonchev–Trinajstić information content (AvgIpc) is 2.92. The van der Waals surface area contributed by atoms with Crippen LogP contribution in [0.5, 0.6) is 11.5 Å². The summed E-state index contributed by atoms with van der Waals surface area (Å²) in [6.45, 7) is 9.24. The van der Waals surface area contributed by atoms with Crippen molar-refractivity contribution in [3.8, 4) is 11.5 Å². The minimum absolute atomic E-state index is 0.170. The van der Waals surface area contributed by atoms with Crippen LogP contribution in [-0.2, 0) is 0 Å². The largest absolute Gasteiger partial charge is 0.490 e. The first-order chi connectivity index (χ1) is 13.9. The zero-order chi connectivity index (χ0) is 20.5. The van der Waals surface area contributed by atoms with Crippen molar-refractivity contribution in [2.75, 3.05) is 13.2 Å². The first-order valence-corrected chi connectivity index (χ1v) is 9.96. The molecule has 0 spiro atoms. The van der Waals surface area contributed by atoms with Crippen LogP contribution in [0, 0.1) is 19.8 Å². The van der Waals surface area contributed by atoms with Gasteiger partial charge in [0.15, 0.2) is 17.1 Å². The lowest BCUT2D eigenvalue weighted by molar-refractivity contribution is 0.0923. The Balaban J connectivity index is 1.63. The van der Waals surface area contributed by atoms with Gasteiger partial charge in [-0.15, -0.1) is 0 Å². The number of benzene rings is 1. The zero-order valence-electron chi connectivity index (χ0n) is 17.2. The molecule has 29 heavy (non-hydrogen) atoms. The smallest absolute Gasteiger partial charge is 0.255 e. The molecule has 2 aromatic heterocycles. The fraction of sp³-hybridized carbons (Fsp3) is 0.409. The molecule has 1 aliphatic heterocycles. The fourth-order valence-electron chi connectivity index (χ4n) is 3.61. The Bertz CT molecular complexity index is 1060. The van der Waals surface area contributed by atoms with E-state index in [9.17, 15) is 4.79 Å². The molecule has 0 bridgehead atoms. The molecule has 1 aliphatic rings. The number of aryl methyl sites for hydroxylation is 2. The second-order valence-corrected chi connectivity index (χ2v) is 7.76. The van der Waals surface area contributed by atoms with Gasteiger partial charge in [-0.1, -0.05) is 19.9 Å². The number of ether oxygens (including phenoxy) is 2. The van der Waals surface area contributed by atoms with Gasteiger partial charge >= 0.3 is 0 Å². The van der Waals surface area contributed by atoms with Gasteiger partial charge in [-0.05, 0) is 37.5 Å². The van der Waals surface area contributed by atoms with E-state index >= 15 is 0 Å². The molecule has 0 saturated carbocycles. The molecule has 1 N–H and O–H groups in total. The van der Waals surface area contributed by atoms with Crippen LogP contribution in [0.1, 0.15) is 53.6 Å². The third-order valence-electron chi connectivity index (χ3n) is 5.17. The van der Waals surface area contributed by atoms with E-state index in [2.05, 4.69) is 29.2 Å². The summed E-state index contributed by atoms with van der Waals surface area (Å²) in [5.41, 5.74) is 3.87. The molecule has 0 saturated heterocycles. The molecule has 3 heterocycles. The maximum Gasteiger partial charge on any atom is 0.255 e. The van der Waals surface area contributed by atoms with Crippen molar-refractivity contribution < 1.29 is 14.3 Å². The lowest BCUT2D eigenvalue weighted by Crippen LogP contribution is -2.32. The van der Waals surface area contributed by atoms with Crippen LogP contribution >= 0.6 is 0 Å². The molecule has 152 valence electrons. The normalized spacial score (nSPS) is 14.7. The van der Waals surface area contributed by atoms with Gasteiger partial charge in [-0.25, -0.2) is 9.50 Å². The number of nitrogens with zero attached hydrogens (tertiary/aromatic N) is 3. The Labute approximate surface area is 170 Å². The number of carbonyl (C=O) groups is 1. The zero-order valence-corrected chi connectivity index (χ0v) is 17.2. The van der Waals surface area contributed by atoms with Crippen molar-refractivity contribution in [1.82, 2.24) is 19.9 Å². The molecule has 0 aliphatic carbocycles. The Morgan fingerprint density at radius 2 is 1.90 bits per heavy atom. The molecule has 1 aromatic carbocycles. The van der Waals surface area contributed by atoms with Crippen LogP contribution in [-0.4, -0.2) is 33.7 Å². The van der Waals surface area contributed by atoms with Gasteiger partial charge in [0.05, 0.1) is 36.2 Å². The SMILES string of the molecule is Cc1cc2ncc(C(=O)N[C@@H](c3ccc4c(c3)OCCCO4)C(C)C)c(C)n2n1. The second-order valence-electron chi connectivity index (χ2n) is 7.76. The van der Waals surface area contributed by atoms with Crippen LogP contribution < -0.4 is 14.8 Å². The lowest BCUT2D eigenvalue weighted by Gasteiger charge is -2.24. The molecule has 0 unspecified atom stereocenters. The summed E-state index contributed by atoms with van der Waals surface area (Å²) >= 11 is 0. The molecule has 1 atom stereocenters. The summed E-state index contributed by atoms with van der Waals surface area (Å²) in [4.78, 5) is 17.5. The highest BCUT2D eigenvalue weighted by Gasteiger charge is 2.23. The minimum Gasteiger partial charge on any atom is -0.490 e. The summed E-state index contributed by atoms with van der Waals surface area (Å²) in [5, 5.41) is 7.60. The first-order valence-electron chi connectivity index (χ1n) is 9.96. The number of rotatable bonds is 4. The number of nitrogens with one attached hydrogen (secondary N) is 1. The van der Waals surface area contributed by atoms with Crippen molar-refractivity contribution in [2.24, 2.45) is 5.92 Å². The topological polar surface area (TPSA) is 77.8 Å². The predicted octanol–water partition coefficient (Wildman–Crippen LogP) is 3.63. The number of aromatic nitrogens is 3. The van der Waals surface area contributed by atoms with E-state index in [4.69, 9.17) is 9.47 Å². The van der Waals surface area contributed by atoms with E-state index in [0.29, 0.717) is 18.8 Å². The Kier molecular flexibility index (Phi) is 5.13. The molecule has 3 aromatic rings. The summed E-state index contributed by atoms with van der Waals surface area (Å²) < 4.78 is 13.3. The first kappa shape index (κ1) is 19.2. The van der Waals surface area contributed by atoms with Crippen LogP contribution in [0.2, 0.25) is 0 Å². The molecule has 7 heteroatoms. The van der Waals surface area contributed by atoms with Gasteiger partial charge in [0.1, 0.15) is 0 Å². The number of hydrogen-bond donors (Lipinski definition) is 1. The number of hydrogen-bond acceptors (Lipinski definition) is 5. The highest BCUT2D eigenvalue weighted by molar-refractivity contribution is 5.95. The fourth-order valence-corrected chi connectivity index (χ4v) is 3.61. The maximum atomic E-state index is 13.1. The molecule has 1 amide bonds. The van der Waals surface area contributed by atoms with Gasteiger partial charge < -0.3 is 14.8 Å². The van der Waals surface area contributed by atoms with E-state index in [0.717, 1.165) is 40.5 Å². The molecule has 0 fully saturated rings. The Hall–Kier alpha value is -3.09. The quantitative estimate of drug-likeness (QED) is 0.731. The summed E-state index contributed by atoms with van der Waals surface area (Å²) in [5.74, 6) is 1.49. The van der Waals surface area contributed by atoms with Crippen LogP contribution in [0.4, 0.5) is 0 Å². The molecule has 4 rings (SSSR count).